The third kappa shape index (κ3) is 10.7. The second-order valence-corrected chi connectivity index (χ2v) is 8.97. The maximum atomic E-state index is 12.2. The fourth-order valence-corrected chi connectivity index (χ4v) is 3.53. The van der Waals surface area contributed by atoms with Crippen LogP contribution in [0, 0.1) is 5.92 Å². The molecule has 0 aliphatic carbocycles. The first-order chi connectivity index (χ1) is 16.1. The highest BCUT2D eigenvalue weighted by Gasteiger charge is 2.09. The third-order valence-corrected chi connectivity index (χ3v) is 6.03. The van der Waals surface area contributed by atoms with Crippen LogP contribution in [0.4, 0.5) is 0 Å². The van der Waals surface area contributed by atoms with E-state index in [4.69, 9.17) is 9.47 Å². The van der Waals surface area contributed by atoms with Crippen LogP contribution in [0.2, 0.25) is 0 Å². The van der Waals surface area contributed by atoms with Crippen LogP contribution in [0.1, 0.15) is 95.3 Å². The predicted octanol–water partition coefficient (Wildman–Crippen LogP) is 8.98. The molecular weight excluding hydrogens is 408 g/mol. The molecule has 3 nitrogen and oxygen atoms in total. The molecule has 0 bridgehead atoms. The normalized spacial score (nSPS) is 12.1. The van der Waals surface area contributed by atoms with E-state index < -0.39 is 0 Å². The Balaban J connectivity index is 1.69. The van der Waals surface area contributed by atoms with Crippen LogP contribution in [0.5, 0.6) is 5.75 Å². The zero-order valence-corrected chi connectivity index (χ0v) is 20.9. The van der Waals surface area contributed by atoms with Crippen molar-refractivity contribution in [3.05, 3.63) is 66.4 Å². The Hall–Kier alpha value is -2.55. The van der Waals surface area contributed by atoms with Crippen molar-refractivity contribution in [2.75, 3.05) is 6.61 Å². The molecule has 2 rings (SSSR count). The van der Waals surface area contributed by atoms with Gasteiger partial charge in [-0.1, -0.05) is 96.4 Å². The van der Waals surface area contributed by atoms with Gasteiger partial charge in [-0.3, -0.25) is 0 Å². The van der Waals surface area contributed by atoms with Crippen molar-refractivity contribution < 1.29 is 14.3 Å². The van der Waals surface area contributed by atoms with Gasteiger partial charge in [0.25, 0.3) is 0 Å². The molecule has 0 aliphatic heterocycles. The van der Waals surface area contributed by atoms with E-state index in [2.05, 4.69) is 26.8 Å². The van der Waals surface area contributed by atoms with Gasteiger partial charge < -0.3 is 9.47 Å². The van der Waals surface area contributed by atoms with Gasteiger partial charge in [-0.15, -0.1) is 0 Å². The summed E-state index contributed by atoms with van der Waals surface area (Å²) in [5.74, 6) is 0.953. The first-order valence-corrected chi connectivity index (χ1v) is 12.8. The number of ether oxygens (including phenoxy) is 2. The zero-order chi connectivity index (χ0) is 23.7. The number of esters is 1. The largest absolute Gasteiger partial charge is 0.465 e. The Kier molecular flexibility index (Phi) is 13.0. The van der Waals surface area contributed by atoms with Crippen molar-refractivity contribution in [2.24, 2.45) is 5.92 Å². The molecule has 1 atom stereocenters. The Labute approximate surface area is 201 Å². The van der Waals surface area contributed by atoms with Gasteiger partial charge in [-0.2, -0.15) is 0 Å². The lowest BCUT2D eigenvalue weighted by molar-refractivity contribution is 0.0447. The van der Waals surface area contributed by atoms with Gasteiger partial charge in [-0.05, 0) is 60.2 Å². The molecule has 2 aromatic rings. The van der Waals surface area contributed by atoms with Crippen LogP contribution >= 0.6 is 0 Å². The highest BCUT2D eigenvalue weighted by molar-refractivity contribution is 5.90. The van der Waals surface area contributed by atoms with Crippen LogP contribution < -0.4 is 4.74 Å². The van der Waals surface area contributed by atoms with Crippen molar-refractivity contribution >= 4 is 5.97 Å². The quantitative estimate of drug-likeness (QED) is 0.145. The first kappa shape index (κ1) is 26.7. The van der Waals surface area contributed by atoms with Crippen LogP contribution in [0.25, 0.3) is 11.1 Å². The van der Waals surface area contributed by atoms with E-state index in [9.17, 15) is 4.79 Å². The monoisotopic (exact) mass is 450 g/mol. The minimum Gasteiger partial charge on any atom is -0.465 e. The predicted molar refractivity (Wildman–Crippen MR) is 139 cm³/mol. The molecule has 0 spiro atoms. The summed E-state index contributed by atoms with van der Waals surface area (Å²) in [7, 11) is 0. The smallest absolute Gasteiger partial charge is 0.338 e. The molecule has 0 heterocycles. The van der Waals surface area contributed by atoms with Gasteiger partial charge in [-0.25, -0.2) is 4.79 Å². The third-order valence-electron chi connectivity index (χ3n) is 6.03. The topological polar surface area (TPSA) is 35.5 Å². The van der Waals surface area contributed by atoms with E-state index in [1.807, 2.05) is 48.5 Å². The number of rotatable bonds is 16. The van der Waals surface area contributed by atoms with Crippen molar-refractivity contribution in [2.45, 2.75) is 85.0 Å². The maximum absolute atomic E-state index is 12.2. The molecule has 0 saturated carbocycles. The van der Waals surface area contributed by atoms with Crippen LogP contribution in [-0.4, -0.2) is 12.6 Å². The van der Waals surface area contributed by atoms with Crippen molar-refractivity contribution in [3.8, 4) is 16.9 Å². The molecule has 1 unspecified atom stereocenters. The summed E-state index contributed by atoms with van der Waals surface area (Å²) in [6.45, 7) is 6.90. The molecule has 0 saturated heterocycles. The Morgan fingerprint density at radius 1 is 0.818 bits per heavy atom. The molecular formula is C30H42O3. The molecule has 0 aromatic heterocycles. The molecule has 0 fully saturated rings. The van der Waals surface area contributed by atoms with E-state index in [1.165, 1.54) is 51.4 Å². The Bertz CT molecular complexity index is 805. The van der Waals surface area contributed by atoms with Crippen molar-refractivity contribution in [1.82, 2.24) is 0 Å². The number of carbonyl (C=O) groups is 1. The van der Waals surface area contributed by atoms with Gasteiger partial charge >= 0.3 is 5.97 Å². The fourth-order valence-electron chi connectivity index (χ4n) is 3.53. The molecule has 180 valence electrons. The molecule has 3 heteroatoms. The number of allylic oxidation sites excluding steroid dienone is 1. The summed E-state index contributed by atoms with van der Waals surface area (Å²) in [5, 5.41) is 0. The highest BCUT2D eigenvalue weighted by Crippen LogP contribution is 2.23. The van der Waals surface area contributed by atoms with Crippen LogP contribution in [0.3, 0.4) is 0 Å². The Morgan fingerprint density at radius 3 is 2.00 bits per heavy atom. The van der Waals surface area contributed by atoms with Gasteiger partial charge in [0.1, 0.15) is 5.75 Å². The minimum absolute atomic E-state index is 0.260. The maximum Gasteiger partial charge on any atom is 0.338 e. The zero-order valence-electron chi connectivity index (χ0n) is 20.9. The molecule has 0 aliphatic rings. The van der Waals surface area contributed by atoms with Crippen LogP contribution in [-0.2, 0) is 4.74 Å². The first-order valence-electron chi connectivity index (χ1n) is 12.8. The van der Waals surface area contributed by atoms with Gasteiger partial charge in [0.05, 0.1) is 18.4 Å². The lowest BCUT2D eigenvalue weighted by Crippen LogP contribution is -2.11. The summed E-state index contributed by atoms with van der Waals surface area (Å²) in [6, 6.07) is 15.6. The number of hydrogen-bond acceptors (Lipinski definition) is 3. The standard InChI is InChI=1S/C30H42O3/c1-4-6-7-8-9-10-11-12-13-14-23-32-29-21-19-27(20-22-29)26-15-17-28(18-16-26)30(31)33-24-25(3)5-2/h14-23,25H,4-13,24H2,1-3H3/b23-14+. The summed E-state index contributed by atoms with van der Waals surface area (Å²) in [5.41, 5.74) is 2.73. The lowest BCUT2D eigenvalue weighted by atomic mass is 10.0. The lowest BCUT2D eigenvalue weighted by Gasteiger charge is -2.10. The number of hydrogen-bond donors (Lipinski definition) is 0. The molecule has 0 radical (unpaired) electrons. The average Bonchev–Trinajstić information content (AvgIpc) is 2.86. The number of benzene rings is 2. The molecule has 0 N–H and O–H groups in total. The summed E-state index contributed by atoms with van der Waals surface area (Å²) < 4.78 is 11.1. The van der Waals surface area contributed by atoms with Gasteiger partial charge in [0.2, 0.25) is 0 Å². The second-order valence-electron chi connectivity index (χ2n) is 8.97. The Morgan fingerprint density at radius 2 is 1.39 bits per heavy atom. The summed E-state index contributed by atoms with van der Waals surface area (Å²) >= 11 is 0. The van der Waals surface area contributed by atoms with Crippen LogP contribution in [0.15, 0.2) is 60.9 Å². The van der Waals surface area contributed by atoms with Crippen molar-refractivity contribution in [3.63, 3.8) is 0 Å². The number of carbonyl (C=O) groups excluding carboxylic acids is 1. The summed E-state index contributed by atoms with van der Waals surface area (Å²) in [6.07, 6.45) is 16.7. The van der Waals surface area contributed by atoms with Crippen molar-refractivity contribution in [1.29, 1.82) is 0 Å². The SMILES string of the molecule is CCCCCCCCCC/C=C/Oc1ccc(-c2ccc(C(=O)OCC(C)CC)cc2)cc1. The highest BCUT2D eigenvalue weighted by atomic mass is 16.5. The average molecular weight is 451 g/mol. The molecule has 33 heavy (non-hydrogen) atoms. The number of unbranched alkanes of at least 4 members (excludes halogenated alkanes) is 8. The van der Waals surface area contributed by atoms with Gasteiger partial charge in [0.15, 0.2) is 0 Å². The van der Waals surface area contributed by atoms with E-state index in [0.717, 1.165) is 29.7 Å². The fraction of sp³-hybridized carbons (Fsp3) is 0.500. The molecule has 0 amide bonds. The van der Waals surface area contributed by atoms with Gasteiger partial charge in [0, 0.05) is 0 Å². The minimum atomic E-state index is -0.260. The summed E-state index contributed by atoms with van der Waals surface area (Å²) in [4.78, 5) is 12.2. The van der Waals surface area contributed by atoms with E-state index >= 15 is 0 Å². The van der Waals surface area contributed by atoms with E-state index in [0.29, 0.717) is 18.1 Å². The second kappa shape index (κ2) is 16.1. The van der Waals surface area contributed by atoms with E-state index in [-0.39, 0.29) is 5.97 Å². The van der Waals surface area contributed by atoms with E-state index in [1.54, 1.807) is 6.26 Å². The molecule has 2 aromatic carbocycles.